The number of hydrogen-bond acceptors (Lipinski definition) is 7. The zero-order valence-electron chi connectivity index (χ0n) is 14.5. The normalized spacial score (nSPS) is 19.6. The summed E-state index contributed by atoms with van der Waals surface area (Å²) in [5, 5.41) is 3.65. The minimum Gasteiger partial charge on any atom is -0.471 e. The second kappa shape index (κ2) is 7.48. The van der Waals surface area contributed by atoms with Gasteiger partial charge in [0.15, 0.2) is 6.10 Å². The lowest BCUT2D eigenvalue weighted by molar-refractivity contribution is -0.117. The first kappa shape index (κ1) is 17.1. The van der Waals surface area contributed by atoms with E-state index in [2.05, 4.69) is 10.1 Å². The largest absolute Gasteiger partial charge is 0.471 e. The van der Waals surface area contributed by atoms with Crippen molar-refractivity contribution in [2.24, 2.45) is 0 Å². The molecule has 0 spiro atoms. The van der Waals surface area contributed by atoms with Crippen LogP contribution in [0, 0.1) is 0 Å². The Hall–Kier alpha value is -3.36. The Morgan fingerprint density at radius 1 is 1.37 bits per heavy atom. The predicted octanol–water partition coefficient (Wildman–Crippen LogP) is 1.72. The van der Waals surface area contributed by atoms with E-state index < -0.39 is 12.2 Å². The van der Waals surface area contributed by atoms with Crippen LogP contribution in [0.3, 0.4) is 0 Å². The van der Waals surface area contributed by atoms with Gasteiger partial charge in [0, 0.05) is 25.4 Å². The fraction of sp³-hybridized carbons (Fsp3) is 0.333. The maximum absolute atomic E-state index is 12.2. The fourth-order valence-electron chi connectivity index (χ4n) is 3.06. The van der Waals surface area contributed by atoms with Crippen LogP contribution in [-0.2, 0) is 9.53 Å². The quantitative estimate of drug-likeness (QED) is 0.714. The highest BCUT2D eigenvalue weighted by atomic mass is 16.6. The molecule has 2 aromatic heterocycles. The molecule has 1 saturated heterocycles. The maximum Gasteiger partial charge on any atom is 0.416 e. The van der Waals surface area contributed by atoms with E-state index >= 15 is 0 Å². The number of hydrogen-bond donors (Lipinski definition) is 0. The molecule has 4 heterocycles. The number of nitrogens with zero attached hydrogens (tertiary/aromatic N) is 4. The first-order valence-corrected chi connectivity index (χ1v) is 8.59. The first-order chi connectivity index (χ1) is 13.2. The molecule has 2 aliphatic rings. The minimum absolute atomic E-state index is 0.182. The smallest absolute Gasteiger partial charge is 0.416 e. The van der Waals surface area contributed by atoms with Crippen molar-refractivity contribution in [3.8, 4) is 5.88 Å². The average Bonchev–Trinajstić information content (AvgIpc) is 3.36. The Morgan fingerprint density at radius 2 is 2.30 bits per heavy atom. The van der Waals surface area contributed by atoms with Gasteiger partial charge in [-0.25, -0.2) is 9.78 Å². The van der Waals surface area contributed by atoms with Gasteiger partial charge in [-0.1, -0.05) is 6.08 Å². The molecule has 0 aliphatic carbocycles. The van der Waals surface area contributed by atoms with Crippen LogP contribution in [0.1, 0.15) is 12.0 Å². The molecule has 2 amide bonds. The molecule has 2 aliphatic heterocycles. The van der Waals surface area contributed by atoms with Crippen molar-refractivity contribution in [2.45, 2.75) is 12.5 Å². The summed E-state index contributed by atoms with van der Waals surface area (Å²) in [6, 6.07) is 5.35. The molecule has 9 nitrogen and oxygen atoms in total. The van der Waals surface area contributed by atoms with E-state index in [-0.39, 0.29) is 6.61 Å². The number of carbonyl (C=O) groups is 2. The van der Waals surface area contributed by atoms with Crippen LogP contribution in [0.15, 0.2) is 41.3 Å². The van der Waals surface area contributed by atoms with Gasteiger partial charge in [-0.15, -0.1) is 0 Å². The third kappa shape index (κ3) is 3.76. The van der Waals surface area contributed by atoms with Crippen LogP contribution in [0.25, 0.3) is 5.57 Å². The highest BCUT2D eigenvalue weighted by Gasteiger charge is 2.34. The second-order valence-corrected chi connectivity index (χ2v) is 6.25. The van der Waals surface area contributed by atoms with E-state index in [1.165, 1.54) is 11.2 Å². The summed E-state index contributed by atoms with van der Waals surface area (Å²) >= 11 is 0. The first-order valence-electron chi connectivity index (χ1n) is 8.59. The number of amides is 2. The molecule has 2 aromatic rings. The summed E-state index contributed by atoms with van der Waals surface area (Å²) in [6.45, 7) is 1.79. The van der Waals surface area contributed by atoms with Crippen molar-refractivity contribution in [1.29, 1.82) is 0 Å². The van der Waals surface area contributed by atoms with E-state index in [9.17, 15) is 9.59 Å². The molecule has 0 aromatic carbocycles. The molecular formula is C18H18N4O5. The lowest BCUT2D eigenvalue weighted by Crippen LogP contribution is -2.28. The summed E-state index contributed by atoms with van der Waals surface area (Å²) in [6.07, 6.45) is 5.84. The molecule has 1 atom stereocenters. The minimum atomic E-state index is -0.460. The standard InChI is InChI=1S/C18H18N4O5/c23-12-21-6-2-13(3-7-21)14-1-5-19-16(9-14)22-10-15(27-18(22)24)11-25-17-4-8-26-20-17/h1-2,4-5,8-9,12,15H,3,6-7,10-11H2/t15-/m1/s1. The van der Waals surface area contributed by atoms with Gasteiger partial charge in [-0.3, -0.25) is 9.69 Å². The number of carbonyl (C=O) groups excluding carboxylic acids is 2. The Labute approximate surface area is 155 Å². The highest BCUT2D eigenvalue weighted by molar-refractivity contribution is 5.89. The van der Waals surface area contributed by atoms with Crippen molar-refractivity contribution >= 4 is 23.9 Å². The number of cyclic esters (lactones) is 1. The van der Waals surface area contributed by atoms with E-state index in [1.807, 2.05) is 18.2 Å². The monoisotopic (exact) mass is 370 g/mol. The zero-order valence-corrected chi connectivity index (χ0v) is 14.5. The van der Waals surface area contributed by atoms with Crippen molar-refractivity contribution in [3.63, 3.8) is 0 Å². The second-order valence-electron chi connectivity index (χ2n) is 6.25. The molecule has 4 rings (SSSR count). The van der Waals surface area contributed by atoms with Crippen LogP contribution >= 0.6 is 0 Å². The molecule has 0 unspecified atom stereocenters. The zero-order chi connectivity index (χ0) is 18.6. The number of aromatic nitrogens is 2. The predicted molar refractivity (Wildman–Crippen MR) is 94.1 cm³/mol. The molecule has 1 fully saturated rings. The summed E-state index contributed by atoms with van der Waals surface area (Å²) in [7, 11) is 0. The lowest BCUT2D eigenvalue weighted by Gasteiger charge is -2.23. The summed E-state index contributed by atoms with van der Waals surface area (Å²) < 4.78 is 15.5. The van der Waals surface area contributed by atoms with Crippen molar-refractivity contribution in [2.75, 3.05) is 31.1 Å². The number of anilines is 1. The molecule has 0 N–H and O–H groups in total. The average molecular weight is 370 g/mol. The van der Waals surface area contributed by atoms with Gasteiger partial charge in [0.1, 0.15) is 18.7 Å². The summed E-state index contributed by atoms with van der Waals surface area (Å²) in [4.78, 5) is 30.6. The number of pyridine rings is 1. The Balaban J connectivity index is 1.43. The third-order valence-electron chi connectivity index (χ3n) is 4.49. The van der Waals surface area contributed by atoms with Crippen LogP contribution in [0.2, 0.25) is 0 Å². The van der Waals surface area contributed by atoms with Crippen molar-refractivity contribution < 1.29 is 23.6 Å². The van der Waals surface area contributed by atoms with Crippen molar-refractivity contribution in [1.82, 2.24) is 15.0 Å². The summed E-state index contributed by atoms with van der Waals surface area (Å²) in [5.41, 5.74) is 2.12. The van der Waals surface area contributed by atoms with Crippen LogP contribution in [-0.4, -0.2) is 59.9 Å². The molecular weight excluding hydrogens is 352 g/mol. The summed E-state index contributed by atoms with van der Waals surface area (Å²) in [5.74, 6) is 0.873. The van der Waals surface area contributed by atoms with Gasteiger partial charge < -0.3 is 18.9 Å². The van der Waals surface area contributed by atoms with E-state index in [1.54, 1.807) is 17.2 Å². The Morgan fingerprint density at radius 3 is 3.04 bits per heavy atom. The van der Waals surface area contributed by atoms with Gasteiger partial charge in [0.05, 0.1) is 6.54 Å². The Bertz CT molecular complexity index is 851. The van der Waals surface area contributed by atoms with E-state index in [0.717, 1.165) is 24.0 Å². The van der Waals surface area contributed by atoms with Gasteiger partial charge in [0.2, 0.25) is 6.41 Å². The van der Waals surface area contributed by atoms with Crippen LogP contribution in [0.5, 0.6) is 5.88 Å². The van der Waals surface area contributed by atoms with Crippen LogP contribution < -0.4 is 9.64 Å². The molecule has 9 heteroatoms. The van der Waals surface area contributed by atoms with Gasteiger partial charge >= 0.3 is 6.09 Å². The third-order valence-corrected chi connectivity index (χ3v) is 4.49. The maximum atomic E-state index is 12.2. The van der Waals surface area contributed by atoms with E-state index in [4.69, 9.17) is 14.0 Å². The van der Waals surface area contributed by atoms with Crippen LogP contribution in [0.4, 0.5) is 10.6 Å². The van der Waals surface area contributed by atoms with Crippen molar-refractivity contribution in [3.05, 3.63) is 42.3 Å². The molecule has 27 heavy (non-hydrogen) atoms. The SMILES string of the molecule is O=CN1CC=C(c2ccnc(N3C[C@H](COc4ccon4)OC3=O)c2)CC1. The number of ether oxygens (including phenoxy) is 2. The molecule has 0 saturated carbocycles. The van der Waals surface area contributed by atoms with Gasteiger partial charge in [0.25, 0.3) is 5.88 Å². The van der Waals surface area contributed by atoms with Gasteiger partial charge in [-0.05, 0) is 34.8 Å². The molecule has 0 bridgehead atoms. The highest BCUT2D eigenvalue weighted by Crippen LogP contribution is 2.26. The number of rotatable bonds is 6. The molecule has 140 valence electrons. The Kier molecular flexibility index (Phi) is 4.73. The topological polar surface area (TPSA) is 98.0 Å². The van der Waals surface area contributed by atoms with Gasteiger partial charge in [-0.2, -0.15) is 0 Å². The fourth-order valence-corrected chi connectivity index (χ4v) is 3.06. The van der Waals surface area contributed by atoms with E-state index in [0.29, 0.717) is 31.3 Å². The molecule has 0 radical (unpaired) electrons. The lowest BCUT2D eigenvalue weighted by atomic mass is 10.0.